The highest BCUT2D eigenvalue weighted by molar-refractivity contribution is 6.91. The van der Waals surface area contributed by atoms with Crippen molar-refractivity contribution >= 4 is 19.2 Å². The number of carboxylic acids is 1. The second-order valence-electron chi connectivity index (χ2n) is 4.62. The summed E-state index contributed by atoms with van der Waals surface area (Å²) in [5, 5.41) is 10.2. The third-order valence-electron chi connectivity index (χ3n) is 3.24. The van der Waals surface area contributed by atoms with E-state index in [4.69, 9.17) is 10.8 Å². The Morgan fingerprint density at radius 3 is 2.38 bits per heavy atom. The van der Waals surface area contributed by atoms with E-state index in [0.29, 0.717) is 6.54 Å². The second-order valence-corrected chi connectivity index (χ2v) is 9.46. The van der Waals surface area contributed by atoms with Crippen LogP contribution < -0.4 is 10.9 Å². The molecule has 1 aromatic rings. The molecule has 88 valence electrons. The summed E-state index contributed by atoms with van der Waals surface area (Å²) in [5.41, 5.74) is 5.81. The monoisotopic (exact) mass is 237 g/mol. The van der Waals surface area contributed by atoms with Gasteiger partial charge in [-0.1, -0.05) is 48.6 Å². The van der Waals surface area contributed by atoms with E-state index >= 15 is 0 Å². The van der Waals surface area contributed by atoms with E-state index in [9.17, 15) is 4.79 Å². The maximum Gasteiger partial charge on any atom is 0.303 e. The van der Waals surface area contributed by atoms with Gasteiger partial charge in [-0.05, 0) is 12.1 Å². The number of hydrogen-bond donors (Lipinski definition) is 2. The second kappa shape index (κ2) is 5.27. The molecule has 0 saturated heterocycles. The van der Waals surface area contributed by atoms with Crippen LogP contribution in [0.5, 0.6) is 0 Å². The van der Waals surface area contributed by atoms with E-state index in [2.05, 4.69) is 25.2 Å². The molecule has 0 heterocycles. The average Bonchev–Trinajstić information content (AvgIpc) is 2.26. The van der Waals surface area contributed by atoms with Gasteiger partial charge < -0.3 is 10.8 Å². The molecule has 1 unspecified atom stereocenters. The number of rotatable bonds is 5. The summed E-state index contributed by atoms with van der Waals surface area (Å²) in [6, 6.07) is 10.1. The molecule has 4 heteroatoms. The largest absolute Gasteiger partial charge is 0.481 e. The molecule has 0 bridgehead atoms. The Morgan fingerprint density at radius 1 is 1.38 bits per heavy atom. The lowest BCUT2D eigenvalue weighted by atomic mass is 10.3. The van der Waals surface area contributed by atoms with Gasteiger partial charge in [-0.2, -0.15) is 0 Å². The van der Waals surface area contributed by atoms with Crippen molar-refractivity contribution in [1.82, 2.24) is 0 Å². The van der Waals surface area contributed by atoms with E-state index in [1.165, 1.54) is 5.19 Å². The Kier molecular flexibility index (Phi) is 4.26. The molecule has 0 fully saturated rings. The highest BCUT2D eigenvalue weighted by atomic mass is 28.3. The van der Waals surface area contributed by atoms with Crippen LogP contribution in [0, 0.1) is 0 Å². The van der Waals surface area contributed by atoms with Crippen molar-refractivity contribution in [3.05, 3.63) is 30.3 Å². The normalized spacial score (nSPS) is 13.4. The zero-order chi connectivity index (χ0) is 12.2. The Morgan fingerprint density at radius 2 is 1.94 bits per heavy atom. The lowest BCUT2D eigenvalue weighted by molar-refractivity contribution is -0.137. The molecule has 1 atom stereocenters. The average molecular weight is 237 g/mol. The van der Waals surface area contributed by atoms with Crippen molar-refractivity contribution in [2.24, 2.45) is 5.73 Å². The summed E-state index contributed by atoms with van der Waals surface area (Å²) in [6.07, 6.45) is 0.171. The first-order valence-electron chi connectivity index (χ1n) is 5.46. The molecule has 1 aromatic carbocycles. The summed E-state index contributed by atoms with van der Waals surface area (Å²) in [6.45, 7) is 4.81. The molecule has 0 saturated carbocycles. The van der Waals surface area contributed by atoms with Gasteiger partial charge in [-0.25, -0.2) is 0 Å². The predicted molar refractivity (Wildman–Crippen MR) is 68.6 cm³/mol. The SMILES string of the molecule is C[Si](C)(c1ccccc1)C(CN)CC(=O)O. The van der Waals surface area contributed by atoms with Crippen LogP contribution in [0.15, 0.2) is 30.3 Å². The Bertz CT molecular complexity index is 351. The molecule has 0 aliphatic heterocycles. The minimum atomic E-state index is -1.78. The molecule has 0 aromatic heterocycles. The van der Waals surface area contributed by atoms with Gasteiger partial charge in [0.25, 0.3) is 0 Å². The fourth-order valence-electron chi connectivity index (χ4n) is 1.95. The van der Waals surface area contributed by atoms with E-state index in [1.807, 2.05) is 18.2 Å². The van der Waals surface area contributed by atoms with Crippen molar-refractivity contribution in [1.29, 1.82) is 0 Å². The Labute approximate surface area is 97.3 Å². The van der Waals surface area contributed by atoms with Gasteiger partial charge in [-0.15, -0.1) is 0 Å². The van der Waals surface area contributed by atoms with E-state index in [0.717, 1.165) is 0 Å². The van der Waals surface area contributed by atoms with Crippen LogP contribution >= 0.6 is 0 Å². The van der Waals surface area contributed by atoms with Gasteiger partial charge in [0.05, 0.1) is 8.07 Å². The highest BCUT2D eigenvalue weighted by Crippen LogP contribution is 2.24. The van der Waals surface area contributed by atoms with Gasteiger partial charge in [0.1, 0.15) is 0 Å². The number of carbonyl (C=O) groups is 1. The third kappa shape index (κ3) is 2.93. The van der Waals surface area contributed by atoms with E-state index < -0.39 is 14.0 Å². The molecule has 0 amide bonds. The van der Waals surface area contributed by atoms with Crippen LogP contribution in [-0.2, 0) is 4.79 Å². The topological polar surface area (TPSA) is 63.3 Å². The molecule has 16 heavy (non-hydrogen) atoms. The van der Waals surface area contributed by atoms with Crippen molar-refractivity contribution in [2.45, 2.75) is 25.1 Å². The highest BCUT2D eigenvalue weighted by Gasteiger charge is 2.33. The fraction of sp³-hybridized carbons (Fsp3) is 0.417. The minimum Gasteiger partial charge on any atom is -0.481 e. The van der Waals surface area contributed by atoms with Gasteiger partial charge in [0.2, 0.25) is 0 Å². The zero-order valence-electron chi connectivity index (χ0n) is 9.81. The molecule has 0 aliphatic carbocycles. The van der Waals surface area contributed by atoms with Crippen molar-refractivity contribution in [3.8, 4) is 0 Å². The van der Waals surface area contributed by atoms with Crippen molar-refractivity contribution in [3.63, 3.8) is 0 Å². The van der Waals surface area contributed by atoms with Crippen LogP contribution in [0.25, 0.3) is 0 Å². The Hall–Kier alpha value is -1.13. The zero-order valence-corrected chi connectivity index (χ0v) is 10.8. The van der Waals surface area contributed by atoms with Crippen molar-refractivity contribution in [2.75, 3.05) is 6.54 Å². The Balaban J connectivity index is 2.94. The molecular weight excluding hydrogens is 218 g/mol. The van der Waals surface area contributed by atoms with Gasteiger partial charge in [0.15, 0.2) is 0 Å². The molecule has 0 spiro atoms. The number of benzene rings is 1. The van der Waals surface area contributed by atoms with Crippen LogP contribution in [-0.4, -0.2) is 25.7 Å². The van der Waals surface area contributed by atoms with Crippen LogP contribution in [0.2, 0.25) is 18.6 Å². The molecule has 0 radical (unpaired) electrons. The van der Waals surface area contributed by atoms with Gasteiger partial charge in [0, 0.05) is 6.42 Å². The smallest absolute Gasteiger partial charge is 0.303 e. The van der Waals surface area contributed by atoms with Crippen molar-refractivity contribution < 1.29 is 9.90 Å². The fourth-order valence-corrected chi connectivity index (χ4v) is 4.74. The summed E-state index contributed by atoms with van der Waals surface area (Å²) < 4.78 is 0. The minimum absolute atomic E-state index is 0.0902. The number of aliphatic carboxylic acids is 1. The number of carboxylic acid groups (broad SMARTS) is 1. The van der Waals surface area contributed by atoms with Crippen LogP contribution in [0.4, 0.5) is 0 Å². The molecular formula is C12H19NO2Si. The maximum atomic E-state index is 10.8. The first-order chi connectivity index (χ1) is 7.48. The van der Waals surface area contributed by atoms with E-state index in [-0.39, 0.29) is 12.0 Å². The quantitative estimate of drug-likeness (QED) is 0.761. The molecule has 3 nitrogen and oxygen atoms in total. The first-order valence-corrected chi connectivity index (χ1v) is 8.53. The summed E-state index contributed by atoms with van der Waals surface area (Å²) >= 11 is 0. The molecule has 3 N–H and O–H groups in total. The summed E-state index contributed by atoms with van der Waals surface area (Å²) in [7, 11) is -1.78. The van der Waals surface area contributed by atoms with Gasteiger partial charge >= 0.3 is 5.97 Å². The number of hydrogen-bond acceptors (Lipinski definition) is 2. The molecule has 1 rings (SSSR count). The van der Waals surface area contributed by atoms with Crippen LogP contribution in [0.3, 0.4) is 0 Å². The lowest BCUT2D eigenvalue weighted by Gasteiger charge is -2.31. The first kappa shape index (κ1) is 12.9. The van der Waals surface area contributed by atoms with E-state index in [1.54, 1.807) is 0 Å². The van der Waals surface area contributed by atoms with Gasteiger partial charge in [-0.3, -0.25) is 4.79 Å². The van der Waals surface area contributed by atoms with Crippen LogP contribution in [0.1, 0.15) is 6.42 Å². The number of nitrogens with two attached hydrogens (primary N) is 1. The standard InChI is InChI=1S/C12H19NO2Si/c1-16(2,10-6-4-3-5-7-10)11(9-13)8-12(14)15/h3-7,11H,8-9,13H2,1-2H3,(H,14,15). The predicted octanol–water partition coefficient (Wildman–Crippen LogP) is 1.41. The lowest BCUT2D eigenvalue weighted by Crippen LogP contribution is -2.49. The summed E-state index contributed by atoms with van der Waals surface area (Å²) in [5.74, 6) is -0.757. The maximum absolute atomic E-state index is 10.8. The third-order valence-corrected chi connectivity index (χ3v) is 7.55. The summed E-state index contributed by atoms with van der Waals surface area (Å²) in [4.78, 5) is 10.8. The molecule has 0 aliphatic rings.